The van der Waals surface area contributed by atoms with E-state index in [1.54, 1.807) is 12.4 Å². The maximum atomic E-state index is 15.4. The van der Waals surface area contributed by atoms with Gasteiger partial charge in [0.1, 0.15) is 58.9 Å². The van der Waals surface area contributed by atoms with E-state index < -0.39 is 144 Å². The zero-order valence-electron chi connectivity index (χ0n) is 29.8. The van der Waals surface area contributed by atoms with Crippen LogP contribution < -0.4 is 31.2 Å². The monoisotopic (exact) mass is 921 g/mol. The maximum absolute atomic E-state index is 15.4. The molecule has 6 rings (SSSR count). The van der Waals surface area contributed by atoms with E-state index in [1.807, 2.05) is 41.1 Å². The zero-order valence-corrected chi connectivity index (χ0v) is 29.8. The van der Waals surface area contributed by atoms with Gasteiger partial charge in [0.25, 0.3) is 0 Å². The molecule has 6 aromatic rings. The Kier molecular flexibility index (Phi) is 13.5. The van der Waals surface area contributed by atoms with Gasteiger partial charge in [-0.25, -0.2) is 92.8 Å². The first-order valence-electron chi connectivity index (χ1n) is 16.3. The summed E-state index contributed by atoms with van der Waals surface area (Å²) in [6.07, 6.45) is -2.12. The molecule has 1 heterocycles. The van der Waals surface area contributed by atoms with Gasteiger partial charge < -0.3 is 4.74 Å². The van der Waals surface area contributed by atoms with E-state index in [4.69, 9.17) is 10.3 Å². The fourth-order valence-corrected chi connectivity index (χ4v) is 6.40. The van der Waals surface area contributed by atoms with Crippen LogP contribution in [0.1, 0.15) is 5.56 Å². The van der Waals surface area contributed by atoms with Crippen molar-refractivity contribution in [1.82, 2.24) is 4.98 Å². The minimum atomic E-state index is -7.22. The number of ether oxygens (including phenoxy) is 1. The van der Waals surface area contributed by atoms with E-state index in [2.05, 4.69) is 15.0 Å². The minimum absolute atomic E-state index is 0.0447. The summed E-state index contributed by atoms with van der Waals surface area (Å²) in [6.45, 7) is 0.631. The van der Waals surface area contributed by atoms with Gasteiger partial charge in [-0.3, -0.25) is 0 Å². The summed E-state index contributed by atoms with van der Waals surface area (Å²) in [5.41, 5.74) is -4.97. The van der Waals surface area contributed by atoms with Crippen LogP contribution >= 0.6 is 0 Å². The molecule has 1 aromatic heterocycles. The quantitative estimate of drug-likeness (QED) is 0.0216. The van der Waals surface area contributed by atoms with Gasteiger partial charge in [0.15, 0.2) is 89.3 Å². The second-order valence-electron chi connectivity index (χ2n) is 12.3. The SMILES string of the molecule is Fc1c(F)c(F)c([B-](c2c(F)c(F)c(F)c(F)c2F)(c2c(F)c(F)c(F)c(F)c2F)c2c(F)c(F)c(F)c(F)c2F)c(F)c1F.[N-]=[N+]=NCOc1cncc[n+]1Cc1ccccc1. The van der Waals surface area contributed by atoms with E-state index in [9.17, 15) is 52.7 Å². The molecule has 0 spiro atoms. The lowest BCUT2D eigenvalue weighted by Crippen LogP contribution is -2.81. The summed E-state index contributed by atoms with van der Waals surface area (Å²) >= 11 is 0. The Bertz CT molecular complexity index is 2460. The van der Waals surface area contributed by atoms with Crippen molar-refractivity contribution in [2.75, 3.05) is 6.73 Å². The molecular formula is C36H12BF20N5O. The van der Waals surface area contributed by atoms with Crippen LogP contribution in [-0.2, 0) is 6.54 Å². The van der Waals surface area contributed by atoms with Crippen LogP contribution in [0.25, 0.3) is 10.4 Å². The molecule has 0 atom stereocenters. The molecule has 0 saturated carbocycles. The Morgan fingerprint density at radius 1 is 0.476 bits per heavy atom. The Hall–Kier alpha value is -7.05. The molecule has 0 radical (unpaired) electrons. The van der Waals surface area contributed by atoms with Gasteiger partial charge >= 0.3 is 5.88 Å². The minimum Gasteiger partial charge on any atom is -0.437 e. The number of halogens is 20. The number of aromatic nitrogens is 2. The molecule has 0 saturated heterocycles. The second-order valence-corrected chi connectivity index (χ2v) is 12.3. The zero-order chi connectivity index (χ0) is 47.0. The number of rotatable bonds is 9. The summed E-state index contributed by atoms with van der Waals surface area (Å²) in [6, 6.07) is 10.0. The van der Waals surface area contributed by atoms with E-state index in [1.165, 1.54) is 0 Å². The van der Waals surface area contributed by atoms with Gasteiger partial charge in [-0.15, -0.1) is 21.9 Å². The lowest BCUT2D eigenvalue weighted by atomic mass is 9.12. The van der Waals surface area contributed by atoms with Crippen LogP contribution in [-0.4, -0.2) is 17.9 Å². The highest BCUT2D eigenvalue weighted by atomic mass is 19.2. The van der Waals surface area contributed by atoms with Crippen LogP contribution in [0.4, 0.5) is 87.8 Å². The Morgan fingerprint density at radius 2 is 0.778 bits per heavy atom. The molecule has 0 aliphatic rings. The largest absolute Gasteiger partial charge is 0.437 e. The van der Waals surface area contributed by atoms with Gasteiger partial charge in [0.05, 0.1) is 6.20 Å². The third kappa shape index (κ3) is 7.76. The summed E-state index contributed by atoms with van der Waals surface area (Å²) in [7, 11) is 0. The van der Waals surface area contributed by atoms with Crippen LogP contribution in [0, 0.1) is 116 Å². The van der Waals surface area contributed by atoms with Crippen molar-refractivity contribution in [3.05, 3.63) is 181 Å². The normalized spacial score (nSPS) is 11.3. The third-order valence-electron chi connectivity index (χ3n) is 9.04. The van der Waals surface area contributed by atoms with E-state index in [0.717, 1.165) is 5.56 Å². The molecule has 330 valence electrons. The van der Waals surface area contributed by atoms with Gasteiger partial charge in [0, 0.05) is 10.5 Å². The van der Waals surface area contributed by atoms with Crippen LogP contribution in [0.3, 0.4) is 0 Å². The Labute approximate surface area is 335 Å². The van der Waals surface area contributed by atoms with Crippen molar-refractivity contribution in [2.45, 2.75) is 6.54 Å². The van der Waals surface area contributed by atoms with E-state index >= 15 is 35.1 Å². The molecule has 0 bridgehead atoms. The lowest BCUT2D eigenvalue weighted by Gasteiger charge is -2.44. The number of nitrogens with zero attached hydrogens (tertiary/aromatic N) is 5. The van der Waals surface area contributed by atoms with Gasteiger partial charge in [-0.2, -0.15) is 4.57 Å². The van der Waals surface area contributed by atoms with Crippen molar-refractivity contribution < 1.29 is 97.1 Å². The molecule has 6 nitrogen and oxygen atoms in total. The average Bonchev–Trinajstić information content (AvgIpc) is 3.27. The number of hydrogen-bond acceptors (Lipinski definition) is 3. The van der Waals surface area contributed by atoms with Gasteiger partial charge in [-0.1, -0.05) is 35.4 Å². The molecular weight excluding hydrogens is 909 g/mol. The van der Waals surface area contributed by atoms with E-state index in [-0.39, 0.29) is 6.73 Å². The summed E-state index contributed by atoms with van der Waals surface area (Å²) in [5, 5.41) is 3.33. The number of azide groups is 1. The first-order chi connectivity index (χ1) is 29.6. The molecule has 0 N–H and O–H groups in total. The van der Waals surface area contributed by atoms with Crippen molar-refractivity contribution >= 4 is 28.0 Å². The molecule has 5 aromatic carbocycles. The van der Waals surface area contributed by atoms with Crippen LogP contribution in [0.5, 0.6) is 5.88 Å². The Morgan fingerprint density at radius 3 is 1.08 bits per heavy atom. The van der Waals surface area contributed by atoms with Crippen molar-refractivity contribution in [3.8, 4) is 5.88 Å². The first-order valence-corrected chi connectivity index (χ1v) is 16.3. The predicted molar refractivity (Wildman–Crippen MR) is 174 cm³/mol. The highest BCUT2D eigenvalue weighted by Gasteiger charge is 2.52. The number of benzene rings is 5. The Balaban J connectivity index is 0.000000345. The first kappa shape index (κ1) is 47.0. The molecule has 0 fully saturated rings. The molecule has 0 aliphatic carbocycles. The third-order valence-corrected chi connectivity index (χ3v) is 9.04. The topological polar surface area (TPSA) is 74.8 Å². The fraction of sp³-hybridized carbons (Fsp3) is 0.0556. The molecule has 0 unspecified atom stereocenters. The van der Waals surface area contributed by atoms with Crippen molar-refractivity contribution in [3.63, 3.8) is 0 Å². The van der Waals surface area contributed by atoms with Gasteiger partial charge in [-0.05, 0) is 5.53 Å². The summed E-state index contributed by atoms with van der Waals surface area (Å²) < 4.78 is 301. The van der Waals surface area contributed by atoms with Gasteiger partial charge in [0.2, 0.25) is 0 Å². The molecule has 27 heteroatoms. The maximum Gasteiger partial charge on any atom is 0.387 e. The smallest absolute Gasteiger partial charge is 0.387 e. The van der Waals surface area contributed by atoms with E-state index in [0.29, 0.717) is 12.4 Å². The second kappa shape index (κ2) is 18.1. The molecule has 0 aliphatic heterocycles. The fourth-order valence-electron chi connectivity index (χ4n) is 6.40. The highest BCUT2D eigenvalue weighted by molar-refractivity contribution is 7.20. The summed E-state index contributed by atoms with van der Waals surface area (Å²) in [4.78, 5) is 6.62. The lowest BCUT2D eigenvalue weighted by molar-refractivity contribution is -0.694. The highest BCUT2D eigenvalue weighted by Crippen LogP contribution is 2.30. The summed E-state index contributed by atoms with van der Waals surface area (Å²) in [5.74, 6) is -70.8. The predicted octanol–water partition coefficient (Wildman–Crippen LogP) is 7.91. The number of hydrogen-bond donors (Lipinski definition) is 0. The molecule has 63 heavy (non-hydrogen) atoms. The molecule has 0 amide bonds. The van der Waals surface area contributed by atoms with Crippen LogP contribution in [0.2, 0.25) is 0 Å². The average molecular weight is 921 g/mol. The van der Waals surface area contributed by atoms with Crippen LogP contribution in [0.15, 0.2) is 54.0 Å². The standard InChI is InChI=1S/C24BF20.C12H12N5O/c26-5-1(6(27)14(35)21(42)13(5)34)25(2-7(28)15(36)22(43)16(37)8(2)29,3-9(30)17(38)23(44)18(39)10(3)31)4-11(32)19(40)24(45)20(41)12(4)33;13-16-15-10-18-12-8-14-6-7-17(12)9-11-4-2-1-3-5-11/h;1-8H,9-10H2/q-1;+1. The van der Waals surface area contributed by atoms with Crippen molar-refractivity contribution in [1.29, 1.82) is 0 Å². The van der Waals surface area contributed by atoms with Crippen molar-refractivity contribution in [2.24, 2.45) is 5.11 Å².